The zero-order chi connectivity index (χ0) is 18.4. The number of ether oxygens (including phenoxy) is 1. The molecule has 5 nitrogen and oxygen atoms in total. The molecule has 0 aliphatic rings. The molecule has 0 saturated heterocycles. The zero-order valence-corrected chi connectivity index (χ0v) is 14.5. The number of rotatable bonds is 7. The van der Waals surface area contributed by atoms with Crippen molar-refractivity contribution in [2.24, 2.45) is 5.73 Å². The van der Waals surface area contributed by atoms with Gasteiger partial charge < -0.3 is 15.8 Å². The van der Waals surface area contributed by atoms with Crippen LogP contribution in [0.15, 0.2) is 29.5 Å². The number of hydrogen-bond acceptors (Lipinski definition) is 3. The molecule has 0 saturated carbocycles. The summed E-state index contributed by atoms with van der Waals surface area (Å²) in [4.78, 5) is 12.1. The molecule has 0 radical (unpaired) electrons. The van der Waals surface area contributed by atoms with Gasteiger partial charge in [0.15, 0.2) is 6.21 Å². The zero-order valence-electron chi connectivity index (χ0n) is 13.0. The lowest BCUT2D eigenvalue weighted by molar-refractivity contribution is -0.120. The summed E-state index contributed by atoms with van der Waals surface area (Å²) in [5.74, 6) is -0.838. The monoisotopic (exact) mass is 380 g/mol. The molecule has 1 amide bonds. The molecule has 0 aliphatic heterocycles. The fraction of sp³-hybridized carbons (Fsp3) is 0.333. The minimum Gasteiger partial charge on any atom is -0.397 e. The first kappa shape index (κ1) is 20.3. The van der Waals surface area contributed by atoms with Crippen LogP contribution in [0, 0.1) is 0 Å². The van der Waals surface area contributed by atoms with Gasteiger partial charge in [0.1, 0.15) is 11.7 Å². The van der Waals surface area contributed by atoms with Gasteiger partial charge >= 0.3 is 0 Å². The van der Waals surface area contributed by atoms with Crippen molar-refractivity contribution in [1.82, 2.24) is 5.32 Å². The molecule has 24 heavy (non-hydrogen) atoms. The number of nitrogens with one attached hydrogen (secondary N) is 1. The highest BCUT2D eigenvalue weighted by Crippen LogP contribution is 2.30. The van der Waals surface area contributed by atoms with Crippen LogP contribution in [-0.2, 0) is 9.53 Å². The Labute approximate surface area is 148 Å². The van der Waals surface area contributed by atoms with Crippen LogP contribution in [0.5, 0.6) is 0 Å². The Morgan fingerprint density at radius 3 is 2.50 bits per heavy atom. The lowest BCUT2D eigenvalue weighted by atomic mass is 10.0. The Hall–Kier alpha value is -1.70. The van der Waals surface area contributed by atoms with Gasteiger partial charge in [-0.15, -0.1) is 0 Å². The summed E-state index contributed by atoms with van der Waals surface area (Å²) in [5, 5.41) is 8.54. The van der Waals surface area contributed by atoms with E-state index in [0.29, 0.717) is 15.6 Å². The number of allylic oxidation sites excluding steroid dienone is 1. The van der Waals surface area contributed by atoms with Gasteiger partial charge in [-0.05, 0) is 19.1 Å². The SMILES string of the molecule is COC(c1ccc(Cl)cc1Cl)C(C)NC(=O)C(C=[NH2+])=C(N)C(F)F. The molecule has 132 valence electrons. The topological polar surface area (TPSA) is 89.9 Å². The predicted molar refractivity (Wildman–Crippen MR) is 89.0 cm³/mol. The van der Waals surface area contributed by atoms with Gasteiger partial charge in [-0.2, -0.15) is 0 Å². The average Bonchev–Trinajstić information content (AvgIpc) is 2.50. The van der Waals surface area contributed by atoms with Crippen LogP contribution in [0.2, 0.25) is 10.0 Å². The molecule has 0 heterocycles. The molecule has 1 rings (SSSR count). The molecule has 0 fully saturated rings. The Morgan fingerprint density at radius 1 is 1.42 bits per heavy atom. The van der Waals surface area contributed by atoms with E-state index in [1.165, 1.54) is 13.2 Å². The van der Waals surface area contributed by atoms with Crippen LogP contribution in [0.25, 0.3) is 0 Å². The molecule has 0 bridgehead atoms. The molecule has 2 unspecified atom stereocenters. The highest BCUT2D eigenvalue weighted by Gasteiger charge is 2.26. The van der Waals surface area contributed by atoms with E-state index in [9.17, 15) is 13.6 Å². The van der Waals surface area contributed by atoms with Gasteiger partial charge in [0.25, 0.3) is 12.3 Å². The fourth-order valence-electron chi connectivity index (χ4n) is 2.11. The van der Waals surface area contributed by atoms with Gasteiger partial charge in [0, 0.05) is 22.7 Å². The molecule has 0 spiro atoms. The third-order valence-corrected chi connectivity index (χ3v) is 3.86. The molecule has 9 heteroatoms. The number of benzene rings is 1. The van der Waals surface area contributed by atoms with Crippen LogP contribution < -0.4 is 16.5 Å². The van der Waals surface area contributed by atoms with E-state index < -0.39 is 35.7 Å². The van der Waals surface area contributed by atoms with Crippen LogP contribution in [-0.4, -0.2) is 31.7 Å². The van der Waals surface area contributed by atoms with E-state index in [2.05, 4.69) is 5.32 Å². The summed E-state index contributed by atoms with van der Waals surface area (Å²) in [5.41, 5.74) is 4.39. The summed E-state index contributed by atoms with van der Waals surface area (Å²) in [6, 6.07) is 4.20. The molecule has 2 atom stereocenters. The molecular formula is C15H18Cl2F2N3O2+. The number of halogens is 4. The number of methoxy groups -OCH3 is 1. The summed E-state index contributed by atoms with van der Waals surface area (Å²) in [6.45, 7) is 1.63. The maximum absolute atomic E-state index is 12.7. The van der Waals surface area contributed by atoms with Gasteiger partial charge in [0.05, 0.1) is 11.7 Å². The number of amides is 1. The van der Waals surface area contributed by atoms with E-state index in [-0.39, 0.29) is 0 Å². The van der Waals surface area contributed by atoms with Crippen molar-refractivity contribution >= 4 is 35.3 Å². The van der Waals surface area contributed by atoms with Crippen LogP contribution in [0.4, 0.5) is 8.78 Å². The van der Waals surface area contributed by atoms with Crippen molar-refractivity contribution < 1.29 is 23.7 Å². The van der Waals surface area contributed by atoms with Gasteiger partial charge in [-0.3, -0.25) is 10.2 Å². The Balaban J connectivity index is 3.02. The van der Waals surface area contributed by atoms with Crippen molar-refractivity contribution in [3.63, 3.8) is 0 Å². The summed E-state index contributed by atoms with van der Waals surface area (Å²) in [7, 11) is 1.43. The summed E-state index contributed by atoms with van der Waals surface area (Å²) >= 11 is 12.0. The Morgan fingerprint density at radius 2 is 2.04 bits per heavy atom. The minimum absolute atomic E-state index is 0.351. The summed E-state index contributed by atoms with van der Waals surface area (Å²) < 4.78 is 30.7. The number of alkyl halides is 2. The fourth-order valence-corrected chi connectivity index (χ4v) is 2.63. The third-order valence-electron chi connectivity index (χ3n) is 3.29. The Kier molecular flexibility index (Phi) is 7.59. The molecule has 1 aromatic carbocycles. The standard InChI is InChI=1S/C15H17Cl2F2N3O2/c1-7(22-15(23)10(6-20)12(21)14(18)19)13(24-2)9-4-3-8(16)5-11(9)17/h3-7,13-14,20H,21H2,1-2H3,(H,22,23)/p+1. The average molecular weight is 381 g/mol. The molecule has 0 aliphatic carbocycles. The molecule has 0 aromatic heterocycles. The maximum atomic E-state index is 12.7. The van der Waals surface area contributed by atoms with Gasteiger partial charge in [-0.25, -0.2) is 8.78 Å². The number of carbonyl (C=O) groups is 1. The van der Waals surface area contributed by atoms with Crippen molar-refractivity contribution in [3.8, 4) is 0 Å². The second kappa shape index (κ2) is 8.96. The first-order chi connectivity index (χ1) is 11.2. The lowest BCUT2D eigenvalue weighted by Gasteiger charge is -2.25. The van der Waals surface area contributed by atoms with Gasteiger partial charge in [-0.1, -0.05) is 29.3 Å². The second-order valence-corrected chi connectivity index (χ2v) is 5.76. The van der Waals surface area contributed by atoms with Crippen LogP contribution in [0.3, 0.4) is 0 Å². The first-order valence-corrected chi connectivity index (χ1v) is 7.59. The van der Waals surface area contributed by atoms with E-state index in [0.717, 1.165) is 6.21 Å². The van der Waals surface area contributed by atoms with E-state index in [4.69, 9.17) is 39.1 Å². The minimum atomic E-state index is -3.00. The maximum Gasteiger partial charge on any atom is 0.278 e. The van der Waals surface area contributed by atoms with Crippen LogP contribution >= 0.6 is 23.2 Å². The van der Waals surface area contributed by atoms with Crippen molar-refractivity contribution in [2.45, 2.75) is 25.5 Å². The van der Waals surface area contributed by atoms with Crippen LogP contribution in [0.1, 0.15) is 18.6 Å². The third kappa shape index (κ3) is 4.90. The second-order valence-electron chi connectivity index (χ2n) is 4.92. The largest absolute Gasteiger partial charge is 0.397 e. The lowest BCUT2D eigenvalue weighted by Crippen LogP contribution is -2.43. The molecule has 1 aromatic rings. The number of nitrogens with two attached hydrogens (primary N) is 2. The van der Waals surface area contributed by atoms with E-state index in [1.807, 2.05) is 0 Å². The van der Waals surface area contributed by atoms with E-state index >= 15 is 0 Å². The van der Waals surface area contributed by atoms with E-state index in [1.54, 1.807) is 19.1 Å². The van der Waals surface area contributed by atoms with Crippen molar-refractivity contribution in [2.75, 3.05) is 7.11 Å². The van der Waals surface area contributed by atoms with Crippen molar-refractivity contribution in [1.29, 1.82) is 0 Å². The number of hydrogen-bond donors (Lipinski definition) is 3. The number of carbonyl (C=O) groups excluding carboxylic acids is 1. The van der Waals surface area contributed by atoms with Crippen molar-refractivity contribution in [3.05, 3.63) is 45.1 Å². The quantitative estimate of drug-likeness (QED) is 0.494. The van der Waals surface area contributed by atoms with Gasteiger partial charge in [0.2, 0.25) is 0 Å². The molecular weight excluding hydrogens is 363 g/mol. The normalized spacial score (nSPS) is 14.8. The summed E-state index contributed by atoms with van der Waals surface area (Å²) in [6.07, 6.45) is -2.89. The smallest absolute Gasteiger partial charge is 0.278 e. The highest BCUT2D eigenvalue weighted by molar-refractivity contribution is 6.35. The first-order valence-electron chi connectivity index (χ1n) is 6.84. The predicted octanol–water partition coefficient (Wildman–Crippen LogP) is 1.49. The highest BCUT2D eigenvalue weighted by atomic mass is 35.5. The Bertz CT molecular complexity index is 654. The molecule has 5 N–H and O–H groups in total.